The van der Waals surface area contributed by atoms with E-state index in [0.29, 0.717) is 6.04 Å². The van der Waals surface area contributed by atoms with Gasteiger partial charge in [-0.25, -0.2) is 9.59 Å². The first-order valence-corrected chi connectivity index (χ1v) is 8.40. The van der Waals surface area contributed by atoms with Crippen molar-refractivity contribution in [3.63, 3.8) is 0 Å². The first-order chi connectivity index (χ1) is 12.5. The third-order valence-electron chi connectivity index (χ3n) is 4.29. The number of nitrogens with zero attached hydrogens (tertiary/aromatic N) is 2. The largest absolute Gasteiger partial charge is 0.478 e. The number of aromatic carboxylic acids is 2. The minimum Gasteiger partial charge on any atom is -0.478 e. The predicted octanol–water partition coefficient (Wildman–Crippen LogP) is 2.35. The topological polar surface area (TPSA) is 103 Å². The molecule has 26 heavy (non-hydrogen) atoms. The maximum Gasteiger partial charge on any atom is 0.335 e. The summed E-state index contributed by atoms with van der Waals surface area (Å²) < 4.78 is 0. The zero-order valence-corrected chi connectivity index (χ0v) is 14.6. The fraction of sp³-hybridized carbons (Fsp3) is 0.316. The second-order valence-electron chi connectivity index (χ2n) is 5.95. The lowest BCUT2D eigenvalue weighted by molar-refractivity contribution is 0.0696. The molecule has 2 aromatic rings. The van der Waals surface area contributed by atoms with Crippen molar-refractivity contribution in [1.82, 2.24) is 10.3 Å². The molecule has 138 valence electrons. The van der Waals surface area contributed by atoms with Crippen LogP contribution in [0.4, 0.5) is 5.69 Å². The molecule has 1 fully saturated rings. The smallest absolute Gasteiger partial charge is 0.335 e. The number of nitrogens with one attached hydrogen (secondary N) is 1. The third-order valence-corrected chi connectivity index (χ3v) is 4.29. The lowest BCUT2D eigenvalue weighted by Gasteiger charge is -2.33. The number of carboxylic acids is 2. The van der Waals surface area contributed by atoms with Crippen molar-refractivity contribution in [3.8, 4) is 0 Å². The second-order valence-corrected chi connectivity index (χ2v) is 5.95. The molecule has 2 heterocycles. The van der Waals surface area contributed by atoms with Gasteiger partial charge < -0.3 is 20.4 Å². The van der Waals surface area contributed by atoms with Gasteiger partial charge in [-0.1, -0.05) is 6.07 Å². The number of carboxylic acid groups (broad SMARTS) is 2. The summed E-state index contributed by atoms with van der Waals surface area (Å²) in [4.78, 5) is 27.2. The summed E-state index contributed by atoms with van der Waals surface area (Å²) in [7, 11) is 2.05. The summed E-state index contributed by atoms with van der Waals surface area (Å²) in [5.41, 5.74) is 1.26. The zero-order chi connectivity index (χ0) is 18.9. The third kappa shape index (κ3) is 5.56. The van der Waals surface area contributed by atoms with Crippen molar-refractivity contribution in [2.45, 2.75) is 18.9 Å². The first-order valence-electron chi connectivity index (χ1n) is 8.40. The predicted molar refractivity (Wildman–Crippen MR) is 98.9 cm³/mol. The lowest BCUT2D eigenvalue weighted by Crippen LogP contribution is -2.41. The van der Waals surface area contributed by atoms with E-state index in [1.165, 1.54) is 36.7 Å². The van der Waals surface area contributed by atoms with Gasteiger partial charge in [-0.15, -0.1) is 0 Å². The Morgan fingerprint density at radius 2 is 1.58 bits per heavy atom. The van der Waals surface area contributed by atoms with Crippen LogP contribution in [0.5, 0.6) is 0 Å². The molecule has 0 atom stereocenters. The van der Waals surface area contributed by atoms with Crippen molar-refractivity contribution < 1.29 is 19.8 Å². The average Bonchev–Trinajstić information content (AvgIpc) is 2.69. The standard InChI is InChI=1S/C11H17N3.C8H6O4/c1-12-10-4-8-14(9-5-10)11-2-6-13-7-3-11;9-7(10)5-2-1-3-6(4-5)8(11)12/h2-3,6-7,10,12H,4-5,8-9H2,1H3;1-4H,(H,9,10)(H,11,12). The molecule has 1 aromatic heterocycles. The van der Waals surface area contributed by atoms with Crippen LogP contribution in [0.25, 0.3) is 0 Å². The fourth-order valence-electron chi connectivity index (χ4n) is 2.77. The van der Waals surface area contributed by atoms with Crippen LogP contribution in [0.1, 0.15) is 33.6 Å². The Labute approximate surface area is 152 Å². The maximum absolute atomic E-state index is 10.4. The van der Waals surface area contributed by atoms with E-state index in [1.54, 1.807) is 0 Å². The molecule has 0 amide bonds. The Morgan fingerprint density at radius 3 is 2.04 bits per heavy atom. The maximum atomic E-state index is 10.4. The van der Waals surface area contributed by atoms with E-state index in [2.05, 4.69) is 27.3 Å². The average molecular weight is 357 g/mol. The van der Waals surface area contributed by atoms with Gasteiger partial charge in [0.05, 0.1) is 11.1 Å². The first kappa shape index (κ1) is 19.4. The fourth-order valence-corrected chi connectivity index (χ4v) is 2.77. The summed E-state index contributed by atoms with van der Waals surface area (Å²) in [6.07, 6.45) is 6.19. The molecule has 0 radical (unpaired) electrons. The lowest BCUT2D eigenvalue weighted by atomic mass is 10.1. The van der Waals surface area contributed by atoms with Gasteiger partial charge >= 0.3 is 11.9 Å². The summed E-state index contributed by atoms with van der Waals surface area (Å²) in [5, 5.41) is 20.3. The molecule has 0 spiro atoms. The van der Waals surface area contributed by atoms with Gasteiger partial charge in [-0.05, 0) is 50.2 Å². The van der Waals surface area contributed by atoms with Crippen molar-refractivity contribution in [2.24, 2.45) is 0 Å². The van der Waals surface area contributed by atoms with Crippen LogP contribution >= 0.6 is 0 Å². The monoisotopic (exact) mass is 357 g/mol. The second kappa shape index (κ2) is 9.53. The number of piperidine rings is 1. The van der Waals surface area contributed by atoms with E-state index in [9.17, 15) is 9.59 Å². The SMILES string of the molecule is CNC1CCN(c2ccncc2)CC1.O=C(O)c1cccc(C(=O)O)c1. The van der Waals surface area contributed by atoms with Gasteiger partial charge in [0.2, 0.25) is 0 Å². The molecule has 1 aliphatic heterocycles. The Morgan fingerprint density at radius 1 is 1.04 bits per heavy atom. The summed E-state index contributed by atoms with van der Waals surface area (Å²) in [6, 6.07) is 10.1. The summed E-state index contributed by atoms with van der Waals surface area (Å²) in [6.45, 7) is 2.30. The molecule has 3 rings (SSSR count). The minimum atomic E-state index is -1.13. The van der Waals surface area contributed by atoms with Crippen LogP contribution in [0.2, 0.25) is 0 Å². The molecule has 3 N–H and O–H groups in total. The van der Waals surface area contributed by atoms with Gasteiger partial charge in [0, 0.05) is 37.2 Å². The molecule has 0 aliphatic carbocycles. The highest BCUT2D eigenvalue weighted by molar-refractivity contribution is 5.93. The molecule has 0 bridgehead atoms. The normalized spacial score (nSPS) is 14.3. The van der Waals surface area contributed by atoms with Gasteiger partial charge in [0.25, 0.3) is 0 Å². The highest BCUT2D eigenvalue weighted by atomic mass is 16.4. The molecule has 7 nitrogen and oxygen atoms in total. The van der Waals surface area contributed by atoms with E-state index < -0.39 is 11.9 Å². The molecular formula is C19H23N3O4. The van der Waals surface area contributed by atoms with Crippen molar-refractivity contribution in [3.05, 3.63) is 59.9 Å². The zero-order valence-electron chi connectivity index (χ0n) is 14.6. The van der Waals surface area contributed by atoms with Gasteiger partial charge in [-0.3, -0.25) is 4.98 Å². The Hall–Kier alpha value is -2.93. The highest BCUT2D eigenvalue weighted by Gasteiger charge is 2.17. The number of hydrogen-bond acceptors (Lipinski definition) is 5. The van der Waals surface area contributed by atoms with Crippen molar-refractivity contribution in [2.75, 3.05) is 25.0 Å². The van der Waals surface area contributed by atoms with Crippen LogP contribution in [-0.4, -0.2) is 53.3 Å². The van der Waals surface area contributed by atoms with E-state index in [4.69, 9.17) is 10.2 Å². The number of benzene rings is 1. The molecule has 0 saturated carbocycles. The molecule has 7 heteroatoms. The minimum absolute atomic E-state index is 0.0186. The number of pyridine rings is 1. The van der Waals surface area contributed by atoms with Crippen LogP contribution < -0.4 is 10.2 Å². The summed E-state index contributed by atoms with van der Waals surface area (Å²) >= 11 is 0. The van der Waals surface area contributed by atoms with Crippen molar-refractivity contribution >= 4 is 17.6 Å². The number of hydrogen-bond donors (Lipinski definition) is 3. The quantitative estimate of drug-likeness (QED) is 0.772. The van der Waals surface area contributed by atoms with Crippen LogP contribution in [0.15, 0.2) is 48.8 Å². The van der Waals surface area contributed by atoms with E-state index in [1.807, 2.05) is 19.4 Å². The molecule has 1 aromatic carbocycles. The molecule has 0 unspecified atom stereocenters. The summed E-state index contributed by atoms with van der Waals surface area (Å²) in [5.74, 6) is -2.25. The number of aromatic nitrogens is 1. The Bertz CT molecular complexity index is 699. The Balaban J connectivity index is 0.000000190. The van der Waals surface area contributed by atoms with Crippen LogP contribution in [0.3, 0.4) is 0 Å². The van der Waals surface area contributed by atoms with E-state index in [0.717, 1.165) is 19.2 Å². The van der Waals surface area contributed by atoms with Gasteiger partial charge in [0.15, 0.2) is 0 Å². The van der Waals surface area contributed by atoms with Gasteiger partial charge in [-0.2, -0.15) is 0 Å². The number of anilines is 1. The Kier molecular flexibility index (Phi) is 7.11. The van der Waals surface area contributed by atoms with Crippen molar-refractivity contribution in [1.29, 1.82) is 0 Å². The van der Waals surface area contributed by atoms with Crippen LogP contribution in [0, 0.1) is 0 Å². The van der Waals surface area contributed by atoms with Gasteiger partial charge in [0.1, 0.15) is 0 Å². The van der Waals surface area contributed by atoms with Crippen LogP contribution in [-0.2, 0) is 0 Å². The molecular weight excluding hydrogens is 334 g/mol. The molecule has 1 aliphatic rings. The number of carbonyl (C=O) groups is 2. The van der Waals surface area contributed by atoms with E-state index >= 15 is 0 Å². The molecule has 1 saturated heterocycles. The number of rotatable bonds is 4. The highest BCUT2D eigenvalue weighted by Crippen LogP contribution is 2.18. The van der Waals surface area contributed by atoms with E-state index in [-0.39, 0.29) is 11.1 Å².